The summed E-state index contributed by atoms with van der Waals surface area (Å²) in [4.78, 5) is 12.3. The number of rotatable bonds is 7. The summed E-state index contributed by atoms with van der Waals surface area (Å²) in [6.07, 6.45) is 2.84. The molecule has 2 aromatic carbocycles. The largest absolute Gasteiger partial charge is 0.318 e. The molecule has 30 heavy (non-hydrogen) atoms. The van der Waals surface area contributed by atoms with Gasteiger partial charge in [0.25, 0.3) is 15.6 Å². The minimum Gasteiger partial charge on any atom is -0.318 e. The molecular formula is C23H23FN2O3S. The second-order valence-corrected chi connectivity index (χ2v) is 8.64. The summed E-state index contributed by atoms with van der Waals surface area (Å²) in [5.74, 6) is -0.307. The molecule has 0 spiro atoms. The molecule has 1 aromatic heterocycles. The molecule has 3 rings (SSSR count). The Bertz CT molecular complexity index is 1250. The molecule has 0 fully saturated rings. The zero-order chi connectivity index (χ0) is 21.9. The fraction of sp³-hybridized carbons (Fsp3) is 0.174. The molecule has 0 saturated carbocycles. The number of aryl methyl sites for hydroxylation is 2. The highest BCUT2D eigenvalue weighted by molar-refractivity contribution is 7.95. The summed E-state index contributed by atoms with van der Waals surface area (Å²) >= 11 is 0. The second kappa shape index (κ2) is 8.67. The Labute approximate surface area is 175 Å². The number of pyridine rings is 1. The number of benzene rings is 2. The Balaban J connectivity index is 2.15. The zero-order valence-electron chi connectivity index (χ0n) is 16.9. The van der Waals surface area contributed by atoms with Crippen LogP contribution in [0.15, 0.2) is 71.5 Å². The van der Waals surface area contributed by atoms with Crippen LogP contribution in [0.25, 0.3) is 11.1 Å². The number of sulfonamides is 1. The average molecular weight is 427 g/mol. The van der Waals surface area contributed by atoms with Crippen molar-refractivity contribution in [1.29, 1.82) is 0 Å². The normalized spacial score (nSPS) is 11.3. The maximum atomic E-state index is 13.3. The van der Waals surface area contributed by atoms with Crippen molar-refractivity contribution in [2.75, 3.05) is 4.72 Å². The molecule has 0 aliphatic heterocycles. The number of anilines is 1. The summed E-state index contributed by atoms with van der Waals surface area (Å²) in [6, 6.07) is 13.3. The maximum Gasteiger partial charge on any atom is 0.254 e. The van der Waals surface area contributed by atoms with Crippen LogP contribution in [-0.2, 0) is 29.9 Å². The molecule has 0 unspecified atom stereocenters. The van der Waals surface area contributed by atoms with Crippen LogP contribution in [0.3, 0.4) is 0 Å². The Morgan fingerprint density at radius 3 is 2.43 bits per heavy atom. The van der Waals surface area contributed by atoms with Gasteiger partial charge < -0.3 is 4.57 Å². The van der Waals surface area contributed by atoms with Gasteiger partial charge in [0.2, 0.25) is 0 Å². The van der Waals surface area contributed by atoms with Gasteiger partial charge in [-0.05, 0) is 65.4 Å². The van der Waals surface area contributed by atoms with Crippen molar-refractivity contribution in [2.24, 2.45) is 7.05 Å². The standard InChI is InChI=1S/C23H23FN2O3S/c1-4-17-13-19(15-26(3)23(17)27)22-14-21(25-30(28,29)5-2)11-8-18(22)12-16-6-9-20(24)10-7-16/h5-11,13-15,25H,2,4,12H2,1,3H3. The highest BCUT2D eigenvalue weighted by atomic mass is 32.2. The van der Waals surface area contributed by atoms with Gasteiger partial charge in [-0.25, -0.2) is 12.8 Å². The van der Waals surface area contributed by atoms with Crippen LogP contribution in [0.4, 0.5) is 10.1 Å². The van der Waals surface area contributed by atoms with Crippen molar-refractivity contribution in [1.82, 2.24) is 4.57 Å². The lowest BCUT2D eigenvalue weighted by atomic mass is 9.94. The number of aromatic nitrogens is 1. The van der Waals surface area contributed by atoms with Crippen molar-refractivity contribution in [3.63, 3.8) is 0 Å². The predicted octanol–water partition coefficient (Wildman–Crippen LogP) is 4.23. The fourth-order valence-electron chi connectivity index (χ4n) is 3.27. The fourth-order valence-corrected chi connectivity index (χ4v) is 3.81. The monoisotopic (exact) mass is 426 g/mol. The van der Waals surface area contributed by atoms with Gasteiger partial charge in [-0.3, -0.25) is 9.52 Å². The van der Waals surface area contributed by atoms with Crippen molar-refractivity contribution in [3.05, 3.63) is 99.6 Å². The summed E-state index contributed by atoms with van der Waals surface area (Å²) in [7, 11) is -1.97. The summed E-state index contributed by atoms with van der Waals surface area (Å²) < 4.78 is 41.1. The lowest BCUT2D eigenvalue weighted by Gasteiger charge is -2.15. The van der Waals surface area contributed by atoms with E-state index in [9.17, 15) is 17.6 Å². The molecule has 0 bridgehead atoms. The number of nitrogens with zero attached hydrogens (tertiary/aromatic N) is 1. The van der Waals surface area contributed by atoms with Crippen molar-refractivity contribution in [2.45, 2.75) is 19.8 Å². The molecule has 156 valence electrons. The van der Waals surface area contributed by atoms with Crippen LogP contribution >= 0.6 is 0 Å². The molecule has 0 radical (unpaired) electrons. The lowest BCUT2D eigenvalue weighted by Crippen LogP contribution is -2.20. The number of hydrogen-bond donors (Lipinski definition) is 1. The van der Waals surface area contributed by atoms with Gasteiger partial charge in [-0.1, -0.05) is 31.7 Å². The molecular weight excluding hydrogens is 403 g/mol. The number of halogens is 1. The SMILES string of the molecule is C=CS(=O)(=O)Nc1ccc(Cc2ccc(F)cc2)c(-c2cc(CC)c(=O)n(C)c2)c1. The van der Waals surface area contributed by atoms with E-state index in [4.69, 9.17) is 0 Å². The predicted molar refractivity (Wildman–Crippen MR) is 118 cm³/mol. The third-order valence-corrected chi connectivity index (χ3v) is 5.81. The summed E-state index contributed by atoms with van der Waals surface area (Å²) in [5.41, 5.74) is 4.41. The topological polar surface area (TPSA) is 68.2 Å². The minimum absolute atomic E-state index is 0.0650. The molecule has 3 aromatic rings. The van der Waals surface area contributed by atoms with E-state index in [2.05, 4.69) is 11.3 Å². The summed E-state index contributed by atoms with van der Waals surface area (Å²) in [5, 5.41) is 0.848. The number of nitrogens with one attached hydrogen (secondary N) is 1. The van der Waals surface area contributed by atoms with Crippen LogP contribution in [0.1, 0.15) is 23.6 Å². The van der Waals surface area contributed by atoms with E-state index in [1.807, 2.05) is 19.1 Å². The summed E-state index contributed by atoms with van der Waals surface area (Å²) in [6.45, 7) is 5.23. The first-order valence-electron chi connectivity index (χ1n) is 9.45. The minimum atomic E-state index is -3.66. The molecule has 1 heterocycles. The molecule has 0 amide bonds. The van der Waals surface area contributed by atoms with Crippen LogP contribution in [-0.4, -0.2) is 13.0 Å². The van der Waals surface area contributed by atoms with Gasteiger partial charge in [-0.15, -0.1) is 0 Å². The maximum absolute atomic E-state index is 13.3. The first kappa shape index (κ1) is 21.5. The van der Waals surface area contributed by atoms with Crippen molar-refractivity contribution < 1.29 is 12.8 Å². The molecule has 5 nitrogen and oxygen atoms in total. The van der Waals surface area contributed by atoms with Crippen molar-refractivity contribution >= 4 is 15.7 Å². The van der Waals surface area contributed by atoms with E-state index in [1.54, 1.807) is 37.5 Å². The molecule has 0 aliphatic rings. The molecule has 0 atom stereocenters. The van der Waals surface area contributed by atoms with Crippen LogP contribution in [0.2, 0.25) is 0 Å². The molecule has 0 aliphatic carbocycles. The van der Waals surface area contributed by atoms with Gasteiger partial charge in [0.05, 0.1) is 0 Å². The van der Waals surface area contributed by atoms with E-state index in [-0.39, 0.29) is 11.4 Å². The van der Waals surface area contributed by atoms with Gasteiger partial charge in [0, 0.05) is 29.9 Å². The van der Waals surface area contributed by atoms with E-state index < -0.39 is 10.0 Å². The third-order valence-electron chi connectivity index (χ3n) is 4.85. The molecule has 0 saturated heterocycles. The van der Waals surface area contributed by atoms with Crippen molar-refractivity contribution in [3.8, 4) is 11.1 Å². The Morgan fingerprint density at radius 2 is 1.80 bits per heavy atom. The van der Waals surface area contributed by atoms with E-state index in [0.717, 1.165) is 27.7 Å². The zero-order valence-corrected chi connectivity index (χ0v) is 17.7. The van der Waals surface area contributed by atoms with Crippen LogP contribution in [0.5, 0.6) is 0 Å². The first-order valence-corrected chi connectivity index (χ1v) is 11.0. The van der Waals surface area contributed by atoms with Gasteiger partial charge >= 0.3 is 0 Å². The molecule has 1 N–H and O–H groups in total. The Kier molecular flexibility index (Phi) is 6.22. The highest BCUT2D eigenvalue weighted by Crippen LogP contribution is 2.29. The van der Waals surface area contributed by atoms with Crippen LogP contribution < -0.4 is 10.3 Å². The van der Waals surface area contributed by atoms with E-state index in [0.29, 0.717) is 24.1 Å². The van der Waals surface area contributed by atoms with E-state index in [1.165, 1.54) is 16.7 Å². The number of hydrogen-bond acceptors (Lipinski definition) is 3. The van der Waals surface area contributed by atoms with E-state index >= 15 is 0 Å². The van der Waals surface area contributed by atoms with Gasteiger partial charge in [-0.2, -0.15) is 0 Å². The third kappa shape index (κ3) is 4.86. The lowest BCUT2D eigenvalue weighted by molar-refractivity contribution is 0.609. The highest BCUT2D eigenvalue weighted by Gasteiger charge is 2.13. The Morgan fingerprint density at radius 1 is 1.10 bits per heavy atom. The second-order valence-electron chi connectivity index (χ2n) is 7.01. The quantitative estimate of drug-likeness (QED) is 0.615. The molecule has 7 heteroatoms. The average Bonchev–Trinajstić information content (AvgIpc) is 2.72. The van der Waals surface area contributed by atoms with Gasteiger partial charge in [0.1, 0.15) is 5.82 Å². The van der Waals surface area contributed by atoms with Crippen LogP contribution in [0, 0.1) is 5.82 Å². The Hall–Kier alpha value is -3.19. The smallest absolute Gasteiger partial charge is 0.254 e. The van der Waals surface area contributed by atoms with Gasteiger partial charge in [0.15, 0.2) is 0 Å². The first-order chi connectivity index (χ1) is 14.2.